The third-order valence-corrected chi connectivity index (χ3v) is 4.32. The Bertz CT molecular complexity index is 558. The van der Waals surface area contributed by atoms with Crippen LogP contribution in [-0.4, -0.2) is 9.38 Å². The molecule has 0 spiro atoms. The Kier molecular flexibility index (Phi) is 1.47. The van der Waals surface area contributed by atoms with Gasteiger partial charge >= 0.3 is 0 Å². The normalized spacial score (nSPS) is 27.5. The standard InChI is InChI=1S/C12H11BrN2/c13-9-3-4-10-14-11-7-1-2-8(5-7)12(11)15(10)6-9/h3-4,6-8H,1-2,5H2. The van der Waals surface area contributed by atoms with E-state index < -0.39 is 0 Å². The van der Waals surface area contributed by atoms with Gasteiger partial charge in [-0.05, 0) is 47.3 Å². The molecule has 1 fully saturated rings. The van der Waals surface area contributed by atoms with Gasteiger partial charge in [0.1, 0.15) is 5.65 Å². The molecule has 0 aliphatic heterocycles. The molecule has 2 aliphatic rings. The maximum atomic E-state index is 4.76. The van der Waals surface area contributed by atoms with E-state index in [0.717, 1.165) is 22.0 Å². The Morgan fingerprint density at radius 2 is 2.13 bits per heavy atom. The summed E-state index contributed by atoms with van der Waals surface area (Å²) in [6.07, 6.45) is 6.20. The molecule has 1 saturated carbocycles. The molecule has 15 heavy (non-hydrogen) atoms. The number of nitrogens with zero attached hydrogens (tertiary/aromatic N) is 2. The van der Waals surface area contributed by atoms with Gasteiger partial charge in [0.2, 0.25) is 0 Å². The van der Waals surface area contributed by atoms with E-state index in [4.69, 9.17) is 4.98 Å². The highest BCUT2D eigenvalue weighted by Gasteiger charge is 2.40. The van der Waals surface area contributed by atoms with E-state index >= 15 is 0 Å². The average Bonchev–Trinajstić information content (AvgIpc) is 2.85. The number of hydrogen-bond donors (Lipinski definition) is 0. The molecule has 2 unspecified atom stereocenters. The number of aromatic nitrogens is 2. The van der Waals surface area contributed by atoms with Crippen LogP contribution in [0.4, 0.5) is 0 Å². The molecule has 0 N–H and O–H groups in total. The Morgan fingerprint density at radius 1 is 1.27 bits per heavy atom. The van der Waals surface area contributed by atoms with Crippen LogP contribution in [0.1, 0.15) is 42.5 Å². The van der Waals surface area contributed by atoms with E-state index in [-0.39, 0.29) is 0 Å². The second-order valence-electron chi connectivity index (χ2n) is 4.66. The molecule has 0 saturated heterocycles. The fourth-order valence-electron chi connectivity index (χ4n) is 3.24. The third-order valence-electron chi connectivity index (χ3n) is 3.85. The highest BCUT2D eigenvalue weighted by molar-refractivity contribution is 9.10. The summed E-state index contributed by atoms with van der Waals surface area (Å²) in [6.45, 7) is 0. The number of rotatable bonds is 0. The van der Waals surface area contributed by atoms with Crippen molar-refractivity contribution in [2.24, 2.45) is 0 Å². The molecule has 2 nitrogen and oxygen atoms in total. The summed E-state index contributed by atoms with van der Waals surface area (Å²) in [6, 6.07) is 4.17. The van der Waals surface area contributed by atoms with E-state index in [9.17, 15) is 0 Å². The van der Waals surface area contributed by atoms with Crippen LogP contribution < -0.4 is 0 Å². The third kappa shape index (κ3) is 0.969. The first kappa shape index (κ1) is 8.34. The van der Waals surface area contributed by atoms with Gasteiger partial charge in [-0.2, -0.15) is 0 Å². The number of imidazole rings is 1. The topological polar surface area (TPSA) is 17.3 Å². The number of halogens is 1. The van der Waals surface area contributed by atoms with Gasteiger partial charge in [0.25, 0.3) is 0 Å². The zero-order valence-electron chi connectivity index (χ0n) is 8.28. The fraction of sp³-hybridized carbons (Fsp3) is 0.417. The molecule has 0 radical (unpaired) electrons. The van der Waals surface area contributed by atoms with Crippen molar-refractivity contribution in [3.8, 4) is 0 Å². The van der Waals surface area contributed by atoms with Gasteiger partial charge in [-0.1, -0.05) is 0 Å². The molecule has 2 aliphatic carbocycles. The summed E-state index contributed by atoms with van der Waals surface area (Å²) in [5, 5.41) is 0. The van der Waals surface area contributed by atoms with Gasteiger partial charge in [-0.3, -0.25) is 0 Å². The maximum Gasteiger partial charge on any atom is 0.137 e. The van der Waals surface area contributed by atoms with Crippen molar-refractivity contribution in [1.82, 2.24) is 9.38 Å². The largest absolute Gasteiger partial charge is 0.302 e. The molecule has 2 atom stereocenters. The van der Waals surface area contributed by atoms with Gasteiger partial charge in [0.15, 0.2) is 0 Å². The van der Waals surface area contributed by atoms with Gasteiger partial charge in [-0.15, -0.1) is 0 Å². The predicted octanol–water partition coefficient (Wildman–Crippen LogP) is 3.46. The van der Waals surface area contributed by atoms with Crippen molar-refractivity contribution in [3.63, 3.8) is 0 Å². The minimum atomic E-state index is 0.753. The molecular formula is C12H11BrN2. The Hall–Kier alpha value is -0.830. The number of hydrogen-bond acceptors (Lipinski definition) is 1. The van der Waals surface area contributed by atoms with Crippen LogP contribution in [0.5, 0.6) is 0 Å². The van der Waals surface area contributed by atoms with Crippen molar-refractivity contribution in [2.45, 2.75) is 31.1 Å². The molecule has 4 rings (SSSR count). The van der Waals surface area contributed by atoms with Crippen molar-refractivity contribution in [3.05, 3.63) is 34.2 Å². The zero-order valence-corrected chi connectivity index (χ0v) is 9.87. The minimum absolute atomic E-state index is 0.753. The fourth-order valence-corrected chi connectivity index (χ4v) is 3.58. The van der Waals surface area contributed by atoms with Crippen molar-refractivity contribution >= 4 is 21.6 Å². The molecule has 2 aromatic rings. The number of fused-ring (bicyclic) bond motifs is 7. The van der Waals surface area contributed by atoms with Crippen molar-refractivity contribution in [2.75, 3.05) is 0 Å². The first-order valence-electron chi connectivity index (χ1n) is 5.50. The molecule has 3 heteroatoms. The molecule has 0 aromatic carbocycles. The molecule has 2 aromatic heterocycles. The summed E-state index contributed by atoms with van der Waals surface area (Å²) in [5.41, 5.74) is 3.98. The predicted molar refractivity (Wildman–Crippen MR) is 62.2 cm³/mol. The Balaban J connectivity index is 2.10. The monoisotopic (exact) mass is 262 g/mol. The van der Waals surface area contributed by atoms with Crippen LogP contribution in [0.15, 0.2) is 22.8 Å². The first-order valence-corrected chi connectivity index (χ1v) is 6.29. The maximum absolute atomic E-state index is 4.76. The van der Waals surface area contributed by atoms with E-state index in [1.807, 2.05) is 0 Å². The first-order chi connectivity index (χ1) is 7.33. The lowest BCUT2D eigenvalue weighted by Gasteiger charge is -2.09. The second-order valence-corrected chi connectivity index (χ2v) is 5.58. The zero-order chi connectivity index (χ0) is 9.99. The van der Waals surface area contributed by atoms with E-state index in [1.165, 1.54) is 30.7 Å². The molecule has 2 bridgehead atoms. The minimum Gasteiger partial charge on any atom is -0.302 e. The smallest absolute Gasteiger partial charge is 0.137 e. The summed E-state index contributed by atoms with van der Waals surface area (Å²) < 4.78 is 3.42. The van der Waals surface area contributed by atoms with E-state index in [0.29, 0.717) is 0 Å². The lowest BCUT2D eigenvalue weighted by Crippen LogP contribution is -1.99. The summed E-state index contributed by atoms with van der Waals surface area (Å²) in [4.78, 5) is 4.76. The van der Waals surface area contributed by atoms with Crippen molar-refractivity contribution < 1.29 is 0 Å². The average molecular weight is 263 g/mol. The van der Waals surface area contributed by atoms with Crippen LogP contribution >= 0.6 is 15.9 Å². The van der Waals surface area contributed by atoms with Crippen LogP contribution in [0.2, 0.25) is 0 Å². The molecule has 0 amide bonds. The molecule has 76 valence electrons. The van der Waals surface area contributed by atoms with Gasteiger partial charge in [-0.25, -0.2) is 4.98 Å². The van der Waals surface area contributed by atoms with Crippen LogP contribution in [-0.2, 0) is 0 Å². The molecular weight excluding hydrogens is 252 g/mol. The highest BCUT2D eigenvalue weighted by Crippen LogP contribution is 2.52. The highest BCUT2D eigenvalue weighted by atomic mass is 79.9. The summed E-state index contributed by atoms with van der Waals surface area (Å²) in [5.74, 6) is 1.53. The Labute approximate surface area is 96.4 Å². The van der Waals surface area contributed by atoms with Crippen molar-refractivity contribution in [1.29, 1.82) is 0 Å². The summed E-state index contributed by atoms with van der Waals surface area (Å²) >= 11 is 3.53. The van der Waals surface area contributed by atoms with Crippen LogP contribution in [0.3, 0.4) is 0 Å². The lowest BCUT2D eigenvalue weighted by molar-refractivity contribution is 0.689. The Morgan fingerprint density at radius 3 is 3.07 bits per heavy atom. The van der Waals surface area contributed by atoms with Gasteiger partial charge < -0.3 is 4.40 Å². The quantitative estimate of drug-likeness (QED) is 0.711. The molecule has 2 heterocycles. The van der Waals surface area contributed by atoms with Crippen LogP contribution in [0, 0.1) is 0 Å². The summed E-state index contributed by atoms with van der Waals surface area (Å²) in [7, 11) is 0. The van der Waals surface area contributed by atoms with E-state index in [1.54, 1.807) is 0 Å². The second kappa shape index (κ2) is 2.64. The van der Waals surface area contributed by atoms with E-state index in [2.05, 4.69) is 38.7 Å². The van der Waals surface area contributed by atoms with Gasteiger partial charge in [0.05, 0.1) is 5.69 Å². The van der Waals surface area contributed by atoms with Crippen LogP contribution in [0.25, 0.3) is 5.65 Å². The lowest BCUT2D eigenvalue weighted by atomic mass is 10.0. The SMILES string of the molecule is Brc1ccc2nc3c(n2c1)C1CCC3C1. The number of pyridine rings is 1. The van der Waals surface area contributed by atoms with Gasteiger partial charge in [0, 0.05) is 28.2 Å².